The lowest BCUT2D eigenvalue weighted by Gasteiger charge is -2.09. The van der Waals surface area contributed by atoms with Gasteiger partial charge in [0.25, 0.3) is 0 Å². The molecule has 0 atom stereocenters. The summed E-state index contributed by atoms with van der Waals surface area (Å²) in [4.78, 5) is 0. The Kier molecular flexibility index (Phi) is 5.05. The number of nitriles is 1. The fourth-order valence-corrected chi connectivity index (χ4v) is 3.29. The molecule has 4 heteroatoms. The van der Waals surface area contributed by atoms with Gasteiger partial charge in [0.2, 0.25) is 0 Å². The standard InChI is InChI=1S/C21H16FIN2/c1-14-11-16(12-17(13-24)20-5-3-4-6-21(20)22)15(2)25(14)19-9-7-18(23)8-10-19/h3-12H,1-2H3/b17-12+. The lowest BCUT2D eigenvalue weighted by molar-refractivity contribution is 0.624. The number of hydrogen-bond acceptors (Lipinski definition) is 1. The zero-order valence-electron chi connectivity index (χ0n) is 13.9. The van der Waals surface area contributed by atoms with Gasteiger partial charge < -0.3 is 4.57 Å². The van der Waals surface area contributed by atoms with Crippen molar-refractivity contribution in [1.82, 2.24) is 4.57 Å². The Morgan fingerprint density at radius 1 is 1.12 bits per heavy atom. The summed E-state index contributed by atoms with van der Waals surface area (Å²) < 4.78 is 17.3. The van der Waals surface area contributed by atoms with E-state index in [1.54, 1.807) is 24.3 Å². The van der Waals surface area contributed by atoms with Gasteiger partial charge in [0.15, 0.2) is 0 Å². The second-order valence-corrected chi connectivity index (χ2v) is 7.03. The quantitative estimate of drug-likeness (QED) is 0.367. The molecule has 1 aromatic heterocycles. The Labute approximate surface area is 160 Å². The van der Waals surface area contributed by atoms with Crippen molar-refractivity contribution in [2.45, 2.75) is 13.8 Å². The van der Waals surface area contributed by atoms with Crippen LogP contribution in [0.25, 0.3) is 17.3 Å². The first kappa shape index (κ1) is 17.4. The second kappa shape index (κ2) is 7.24. The highest BCUT2D eigenvalue weighted by molar-refractivity contribution is 14.1. The number of hydrogen-bond donors (Lipinski definition) is 0. The van der Waals surface area contributed by atoms with Gasteiger partial charge in [-0.15, -0.1) is 0 Å². The molecule has 0 radical (unpaired) electrons. The molecule has 0 unspecified atom stereocenters. The van der Waals surface area contributed by atoms with Crippen LogP contribution in [-0.2, 0) is 0 Å². The molecular formula is C21H16FIN2. The Balaban J connectivity index is 2.10. The Morgan fingerprint density at radius 3 is 2.44 bits per heavy atom. The summed E-state index contributed by atoms with van der Waals surface area (Å²) in [7, 11) is 0. The number of allylic oxidation sites excluding steroid dienone is 1. The van der Waals surface area contributed by atoms with E-state index in [0.29, 0.717) is 11.1 Å². The summed E-state index contributed by atoms with van der Waals surface area (Å²) in [5.74, 6) is -0.387. The first-order chi connectivity index (χ1) is 12.0. The minimum Gasteiger partial charge on any atom is -0.318 e. The van der Waals surface area contributed by atoms with Gasteiger partial charge in [-0.05, 0) is 84.5 Å². The van der Waals surface area contributed by atoms with Crippen LogP contribution in [-0.4, -0.2) is 4.57 Å². The molecule has 0 saturated carbocycles. The number of rotatable bonds is 3. The smallest absolute Gasteiger partial charge is 0.131 e. The summed E-state index contributed by atoms with van der Waals surface area (Å²) in [6.45, 7) is 4.03. The molecule has 0 spiro atoms. The zero-order valence-corrected chi connectivity index (χ0v) is 16.1. The summed E-state index contributed by atoms with van der Waals surface area (Å²) in [6, 6.07) is 18.7. The molecular weight excluding hydrogens is 426 g/mol. The molecule has 2 aromatic carbocycles. The fourth-order valence-electron chi connectivity index (χ4n) is 2.93. The fraction of sp³-hybridized carbons (Fsp3) is 0.0952. The third-order valence-electron chi connectivity index (χ3n) is 4.14. The van der Waals surface area contributed by atoms with E-state index in [2.05, 4.69) is 57.5 Å². The summed E-state index contributed by atoms with van der Waals surface area (Å²) >= 11 is 2.28. The van der Waals surface area contributed by atoms with Crippen molar-refractivity contribution in [1.29, 1.82) is 5.26 Å². The molecule has 0 fully saturated rings. The average molecular weight is 442 g/mol. The molecule has 0 aliphatic carbocycles. The van der Waals surface area contributed by atoms with Crippen LogP contribution in [0.3, 0.4) is 0 Å². The predicted octanol–water partition coefficient (Wildman–Crippen LogP) is 5.90. The third-order valence-corrected chi connectivity index (χ3v) is 4.86. The molecule has 124 valence electrons. The predicted molar refractivity (Wildman–Crippen MR) is 108 cm³/mol. The zero-order chi connectivity index (χ0) is 18.0. The molecule has 3 aromatic rings. The second-order valence-electron chi connectivity index (χ2n) is 5.79. The molecule has 2 nitrogen and oxygen atoms in total. The van der Waals surface area contributed by atoms with Gasteiger partial charge in [0.05, 0.1) is 11.6 Å². The van der Waals surface area contributed by atoms with Crippen molar-refractivity contribution in [2.75, 3.05) is 0 Å². The Bertz CT molecular complexity index is 992. The highest BCUT2D eigenvalue weighted by atomic mass is 127. The van der Waals surface area contributed by atoms with Gasteiger partial charge >= 0.3 is 0 Å². The molecule has 25 heavy (non-hydrogen) atoms. The largest absolute Gasteiger partial charge is 0.318 e. The number of aromatic nitrogens is 1. The number of aryl methyl sites for hydroxylation is 1. The molecule has 0 N–H and O–H groups in total. The van der Waals surface area contributed by atoms with Crippen molar-refractivity contribution in [3.63, 3.8) is 0 Å². The molecule has 0 aliphatic heterocycles. The van der Waals surface area contributed by atoms with Gasteiger partial charge in [-0.1, -0.05) is 18.2 Å². The van der Waals surface area contributed by atoms with E-state index in [0.717, 1.165) is 22.6 Å². The van der Waals surface area contributed by atoms with Crippen LogP contribution in [0, 0.1) is 34.6 Å². The normalized spacial score (nSPS) is 11.4. The van der Waals surface area contributed by atoms with Crippen molar-refractivity contribution in [3.8, 4) is 11.8 Å². The maximum Gasteiger partial charge on any atom is 0.131 e. The molecule has 3 rings (SSSR count). The highest BCUT2D eigenvalue weighted by Crippen LogP contribution is 2.26. The van der Waals surface area contributed by atoms with Crippen LogP contribution in [0.1, 0.15) is 22.5 Å². The molecule has 0 aliphatic rings. The average Bonchev–Trinajstić information content (AvgIpc) is 2.88. The van der Waals surface area contributed by atoms with Gasteiger partial charge in [-0.3, -0.25) is 0 Å². The van der Waals surface area contributed by atoms with E-state index in [1.165, 1.54) is 9.64 Å². The van der Waals surface area contributed by atoms with Crippen LogP contribution in [0.2, 0.25) is 0 Å². The molecule has 0 amide bonds. The van der Waals surface area contributed by atoms with E-state index < -0.39 is 0 Å². The summed E-state index contributed by atoms with van der Waals surface area (Å²) in [5.41, 5.74) is 4.71. The van der Waals surface area contributed by atoms with E-state index >= 15 is 0 Å². The van der Waals surface area contributed by atoms with E-state index in [-0.39, 0.29) is 5.82 Å². The van der Waals surface area contributed by atoms with E-state index in [9.17, 15) is 9.65 Å². The van der Waals surface area contributed by atoms with E-state index in [1.807, 2.05) is 19.9 Å². The van der Waals surface area contributed by atoms with Crippen LogP contribution in [0.15, 0.2) is 54.6 Å². The highest BCUT2D eigenvalue weighted by Gasteiger charge is 2.12. The number of benzene rings is 2. The van der Waals surface area contributed by atoms with Gasteiger partial charge in [-0.2, -0.15) is 5.26 Å². The van der Waals surface area contributed by atoms with Crippen LogP contribution in [0.5, 0.6) is 0 Å². The Hall–Kier alpha value is -2.39. The van der Waals surface area contributed by atoms with Crippen molar-refractivity contribution in [3.05, 3.63) is 86.5 Å². The van der Waals surface area contributed by atoms with Gasteiger partial charge in [-0.25, -0.2) is 4.39 Å². The monoisotopic (exact) mass is 442 g/mol. The van der Waals surface area contributed by atoms with Crippen LogP contribution < -0.4 is 0 Å². The first-order valence-corrected chi connectivity index (χ1v) is 8.90. The minimum atomic E-state index is -0.387. The van der Waals surface area contributed by atoms with E-state index in [4.69, 9.17) is 0 Å². The maximum atomic E-state index is 14.0. The van der Waals surface area contributed by atoms with Gasteiger partial charge in [0.1, 0.15) is 5.82 Å². The van der Waals surface area contributed by atoms with Crippen LogP contribution in [0.4, 0.5) is 4.39 Å². The van der Waals surface area contributed by atoms with Crippen LogP contribution >= 0.6 is 22.6 Å². The summed E-state index contributed by atoms with van der Waals surface area (Å²) in [6.07, 6.45) is 1.75. The molecule has 0 saturated heterocycles. The molecule has 0 bridgehead atoms. The Morgan fingerprint density at radius 2 is 1.80 bits per heavy atom. The summed E-state index contributed by atoms with van der Waals surface area (Å²) in [5, 5.41) is 9.49. The first-order valence-electron chi connectivity index (χ1n) is 7.83. The maximum absolute atomic E-state index is 14.0. The third kappa shape index (κ3) is 3.52. The number of halogens is 2. The SMILES string of the molecule is Cc1cc(/C=C(\C#N)c2ccccc2F)c(C)n1-c1ccc(I)cc1. The number of nitrogens with zero attached hydrogens (tertiary/aromatic N) is 2. The van der Waals surface area contributed by atoms with Crippen molar-refractivity contribution in [2.24, 2.45) is 0 Å². The minimum absolute atomic E-state index is 0.320. The lowest BCUT2D eigenvalue weighted by atomic mass is 10.0. The van der Waals surface area contributed by atoms with Crippen molar-refractivity contribution < 1.29 is 4.39 Å². The van der Waals surface area contributed by atoms with Crippen molar-refractivity contribution >= 4 is 34.2 Å². The topological polar surface area (TPSA) is 28.7 Å². The molecule has 1 heterocycles. The van der Waals surface area contributed by atoms with Gasteiger partial charge in [0, 0.05) is 26.2 Å². The lowest BCUT2D eigenvalue weighted by Crippen LogP contribution is -1.99.